The van der Waals surface area contributed by atoms with Gasteiger partial charge in [0.2, 0.25) is 0 Å². The zero-order chi connectivity index (χ0) is 26.0. The van der Waals surface area contributed by atoms with Crippen molar-refractivity contribution < 1.29 is 36.6 Å². The topological polar surface area (TPSA) is 93.5 Å². The van der Waals surface area contributed by atoms with Crippen LogP contribution < -0.4 is 15.6 Å². The van der Waals surface area contributed by atoms with E-state index in [0.29, 0.717) is 12.1 Å². The molecule has 0 fully saturated rings. The van der Waals surface area contributed by atoms with Gasteiger partial charge in [-0.2, -0.15) is 0 Å². The average Bonchev–Trinajstić information content (AvgIpc) is 2.74. The summed E-state index contributed by atoms with van der Waals surface area (Å²) in [5, 5.41) is 12.5. The van der Waals surface area contributed by atoms with E-state index in [1.54, 1.807) is 0 Å². The van der Waals surface area contributed by atoms with Gasteiger partial charge >= 0.3 is 6.36 Å². The van der Waals surface area contributed by atoms with Gasteiger partial charge in [0.05, 0.1) is 23.8 Å². The van der Waals surface area contributed by atoms with Gasteiger partial charge in [0.15, 0.2) is 11.6 Å². The van der Waals surface area contributed by atoms with Crippen LogP contribution in [0.15, 0.2) is 59.7 Å². The van der Waals surface area contributed by atoms with Crippen LogP contribution in [0.1, 0.15) is 41.5 Å². The second-order valence-electron chi connectivity index (χ2n) is 8.21. The molecule has 7 nitrogen and oxygen atoms in total. The highest BCUT2D eigenvalue weighted by atomic mass is 19.4. The van der Waals surface area contributed by atoms with Crippen LogP contribution in [0.3, 0.4) is 0 Å². The van der Waals surface area contributed by atoms with Crippen LogP contribution in [0.2, 0.25) is 0 Å². The van der Waals surface area contributed by atoms with Crippen LogP contribution in [-0.2, 0) is 6.54 Å². The Labute approximate surface area is 195 Å². The summed E-state index contributed by atoms with van der Waals surface area (Å²) in [6.45, 7) is 2.80. The lowest BCUT2D eigenvalue weighted by Crippen LogP contribution is -2.34. The van der Waals surface area contributed by atoms with Crippen LogP contribution in [0.4, 0.5) is 22.0 Å². The largest absolute Gasteiger partial charge is 0.573 e. The summed E-state index contributed by atoms with van der Waals surface area (Å²) in [5.41, 5.74) is -2.25. The summed E-state index contributed by atoms with van der Waals surface area (Å²) in [6, 6.07) is 5.60. The van der Waals surface area contributed by atoms with E-state index in [1.807, 2.05) is 0 Å². The van der Waals surface area contributed by atoms with Crippen molar-refractivity contribution in [2.24, 2.45) is 0 Å². The molecular formula is C23H20F5N3O4. The van der Waals surface area contributed by atoms with Crippen molar-refractivity contribution >= 4 is 5.91 Å². The molecule has 2 N–H and O–H groups in total. The number of halogens is 5. The molecular weight excluding hydrogens is 477 g/mol. The highest BCUT2D eigenvalue weighted by molar-refractivity contribution is 5.94. The van der Waals surface area contributed by atoms with E-state index in [2.05, 4.69) is 15.0 Å². The summed E-state index contributed by atoms with van der Waals surface area (Å²) in [5.74, 6) is -4.18. The summed E-state index contributed by atoms with van der Waals surface area (Å²) in [7, 11) is 0. The van der Waals surface area contributed by atoms with E-state index in [0.717, 1.165) is 22.8 Å². The molecule has 0 saturated carbocycles. The third kappa shape index (κ3) is 6.85. The van der Waals surface area contributed by atoms with Gasteiger partial charge in [-0.3, -0.25) is 14.6 Å². The van der Waals surface area contributed by atoms with Crippen molar-refractivity contribution in [3.8, 4) is 5.75 Å². The minimum absolute atomic E-state index is 0.0484. The Kier molecular flexibility index (Phi) is 7.25. The summed E-state index contributed by atoms with van der Waals surface area (Å²) >= 11 is 0. The lowest BCUT2D eigenvalue weighted by Gasteiger charge is -2.21. The lowest BCUT2D eigenvalue weighted by atomic mass is 10.0. The van der Waals surface area contributed by atoms with Gasteiger partial charge in [-0.05, 0) is 49.7 Å². The molecule has 0 aliphatic carbocycles. The SMILES string of the molecule is CC(C)(O)Cn1cc(C(=O)N[C@@H](c2ccc(OC(F)(F)F)c(F)c2)c2ncccc2F)ccc1=O. The van der Waals surface area contributed by atoms with Crippen molar-refractivity contribution in [2.75, 3.05) is 0 Å². The number of rotatable bonds is 7. The Morgan fingerprint density at radius 2 is 1.86 bits per heavy atom. The number of carbonyl (C=O) groups is 1. The fraction of sp³-hybridized carbons (Fsp3) is 0.261. The molecule has 0 aliphatic rings. The number of aromatic nitrogens is 2. The highest BCUT2D eigenvalue weighted by Crippen LogP contribution is 2.30. The number of pyridine rings is 2. The molecule has 0 saturated heterocycles. The molecule has 3 rings (SSSR count). The average molecular weight is 497 g/mol. The molecule has 2 heterocycles. The fourth-order valence-corrected chi connectivity index (χ4v) is 3.24. The normalized spacial score (nSPS) is 12.8. The first-order chi connectivity index (χ1) is 16.2. The predicted molar refractivity (Wildman–Crippen MR) is 114 cm³/mol. The van der Waals surface area contributed by atoms with Crippen molar-refractivity contribution in [1.82, 2.24) is 14.9 Å². The quantitative estimate of drug-likeness (QED) is 0.486. The number of benzene rings is 1. The Hall–Kier alpha value is -3.80. The first kappa shape index (κ1) is 25.8. The van der Waals surface area contributed by atoms with Gasteiger partial charge in [-0.25, -0.2) is 8.78 Å². The van der Waals surface area contributed by atoms with Crippen LogP contribution in [-0.4, -0.2) is 32.5 Å². The maximum absolute atomic E-state index is 14.5. The van der Waals surface area contributed by atoms with Gasteiger partial charge in [0.25, 0.3) is 11.5 Å². The smallest absolute Gasteiger partial charge is 0.403 e. The number of hydrogen-bond donors (Lipinski definition) is 2. The van der Waals surface area contributed by atoms with E-state index in [1.165, 1.54) is 38.4 Å². The van der Waals surface area contributed by atoms with Crippen LogP contribution in [0.25, 0.3) is 0 Å². The van der Waals surface area contributed by atoms with Gasteiger partial charge in [0.1, 0.15) is 11.5 Å². The molecule has 0 aliphatic heterocycles. The van der Waals surface area contributed by atoms with E-state index in [-0.39, 0.29) is 23.4 Å². The molecule has 3 aromatic rings. The van der Waals surface area contributed by atoms with Gasteiger partial charge < -0.3 is 19.7 Å². The lowest BCUT2D eigenvalue weighted by molar-refractivity contribution is -0.275. The third-order valence-corrected chi connectivity index (χ3v) is 4.65. The van der Waals surface area contributed by atoms with Crippen molar-refractivity contribution in [2.45, 2.75) is 38.4 Å². The molecule has 1 aromatic carbocycles. The monoisotopic (exact) mass is 497 g/mol. The van der Waals surface area contributed by atoms with Gasteiger partial charge in [-0.1, -0.05) is 6.07 Å². The molecule has 0 spiro atoms. The molecule has 2 aromatic heterocycles. The number of nitrogens with one attached hydrogen (secondary N) is 1. The van der Waals surface area contributed by atoms with Crippen LogP contribution in [0, 0.1) is 11.6 Å². The highest BCUT2D eigenvalue weighted by Gasteiger charge is 2.33. The molecule has 186 valence electrons. The summed E-state index contributed by atoms with van der Waals surface area (Å²) < 4.78 is 71.0. The van der Waals surface area contributed by atoms with E-state index >= 15 is 0 Å². The van der Waals surface area contributed by atoms with Crippen LogP contribution in [0.5, 0.6) is 5.75 Å². The van der Waals surface area contributed by atoms with E-state index < -0.39 is 46.9 Å². The third-order valence-electron chi connectivity index (χ3n) is 4.65. The maximum atomic E-state index is 14.5. The van der Waals surface area contributed by atoms with Crippen LogP contribution >= 0.6 is 0 Å². The molecule has 0 unspecified atom stereocenters. The molecule has 1 atom stereocenters. The number of nitrogens with zero attached hydrogens (tertiary/aromatic N) is 2. The maximum Gasteiger partial charge on any atom is 0.573 e. The van der Waals surface area contributed by atoms with E-state index in [4.69, 9.17) is 0 Å². The fourth-order valence-electron chi connectivity index (χ4n) is 3.24. The second kappa shape index (κ2) is 9.82. The van der Waals surface area contributed by atoms with Crippen molar-refractivity contribution in [1.29, 1.82) is 0 Å². The minimum atomic E-state index is -5.13. The second-order valence-corrected chi connectivity index (χ2v) is 8.21. The Morgan fingerprint density at radius 3 is 2.46 bits per heavy atom. The zero-order valence-corrected chi connectivity index (χ0v) is 18.4. The first-order valence-electron chi connectivity index (χ1n) is 10.1. The Bertz CT molecular complexity index is 1290. The molecule has 0 radical (unpaired) electrons. The summed E-state index contributed by atoms with van der Waals surface area (Å²) in [6.07, 6.45) is -2.73. The van der Waals surface area contributed by atoms with E-state index in [9.17, 15) is 36.6 Å². The molecule has 35 heavy (non-hydrogen) atoms. The number of hydrogen-bond acceptors (Lipinski definition) is 5. The number of alkyl halides is 3. The minimum Gasteiger partial charge on any atom is -0.403 e. The molecule has 1 amide bonds. The Balaban J connectivity index is 1.99. The Morgan fingerprint density at radius 1 is 1.14 bits per heavy atom. The number of carbonyl (C=O) groups excluding carboxylic acids is 1. The van der Waals surface area contributed by atoms with Crippen molar-refractivity contribution in [3.63, 3.8) is 0 Å². The standard InChI is InChI=1S/C23H20F5N3O4/c1-22(2,34)12-31-11-14(6-8-18(31)32)21(33)30-19(20-15(24)4-3-9-29-20)13-5-7-17(16(25)10-13)35-23(26,27)28/h3-11,19,34H,12H2,1-2H3,(H,30,33)/t19-/m0/s1. The van der Waals surface area contributed by atoms with Crippen molar-refractivity contribution in [3.05, 3.63) is 93.7 Å². The first-order valence-corrected chi connectivity index (χ1v) is 10.1. The zero-order valence-electron chi connectivity index (χ0n) is 18.4. The summed E-state index contributed by atoms with van der Waals surface area (Å²) in [4.78, 5) is 28.9. The molecule has 0 bridgehead atoms. The van der Waals surface area contributed by atoms with Gasteiger partial charge in [0, 0.05) is 18.5 Å². The molecule has 12 heteroatoms. The van der Waals surface area contributed by atoms with Gasteiger partial charge in [-0.15, -0.1) is 13.2 Å². The predicted octanol–water partition coefficient (Wildman–Crippen LogP) is 3.71. The number of aliphatic hydroxyl groups is 1. The number of ether oxygens (including phenoxy) is 1. The number of amides is 1.